The minimum atomic E-state index is -4.87. The Morgan fingerprint density at radius 3 is 1.48 bits per heavy atom. The van der Waals surface area contributed by atoms with E-state index in [1.165, 1.54) is 11.8 Å². The van der Waals surface area contributed by atoms with Crippen LogP contribution in [0.3, 0.4) is 0 Å². The number of alkyl halides is 9. The molecule has 0 saturated carbocycles. The highest BCUT2D eigenvalue weighted by Crippen LogP contribution is 2.28. The van der Waals surface area contributed by atoms with Crippen molar-refractivity contribution in [2.45, 2.75) is 109 Å². The number of carbonyl (C=O) groups excluding carboxylic acids is 3. The van der Waals surface area contributed by atoms with E-state index in [4.69, 9.17) is 39.9 Å². The summed E-state index contributed by atoms with van der Waals surface area (Å²) in [5.41, 5.74) is 5.06. The number of aromatic amines is 2. The molecule has 2 rings (SSSR count). The first kappa shape index (κ1) is 58.9. The summed E-state index contributed by atoms with van der Waals surface area (Å²) in [6.07, 6.45) is 1.88. The van der Waals surface area contributed by atoms with Crippen LogP contribution in [-0.4, -0.2) is 83.2 Å². The number of nitrogens with one attached hydrogen (secondary N) is 6. The van der Waals surface area contributed by atoms with Crippen LogP contribution < -0.4 is 27.6 Å². The number of terminal acetylenes is 3. The highest BCUT2D eigenvalue weighted by Gasteiger charge is 2.39. The Balaban J connectivity index is -0.000000751. The second-order valence-corrected chi connectivity index (χ2v) is 13.7. The average Bonchev–Trinajstić information content (AvgIpc) is 3.78. The van der Waals surface area contributed by atoms with Crippen molar-refractivity contribution in [3.05, 3.63) is 23.3 Å². The summed E-state index contributed by atoms with van der Waals surface area (Å²) in [5.74, 6) is 6.07. The van der Waals surface area contributed by atoms with Crippen molar-refractivity contribution in [3.63, 3.8) is 0 Å². The van der Waals surface area contributed by atoms with Crippen LogP contribution in [-0.2, 0) is 26.6 Å². The normalized spacial score (nSPS) is 12.7. The fourth-order valence-corrected chi connectivity index (χ4v) is 3.56. The van der Waals surface area contributed by atoms with Gasteiger partial charge in [0.1, 0.15) is 28.9 Å². The molecule has 0 unspecified atom stereocenters. The molecule has 3 amide bonds. The van der Waals surface area contributed by atoms with Crippen LogP contribution in [0.2, 0.25) is 0 Å². The fraction of sp³-hybridized carbons (Fsp3) is 0.562. The maximum Gasteiger partial charge on any atom is 0.472 e. The zero-order chi connectivity index (χ0) is 46.6. The molecule has 0 spiro atoms. The van der Waals surface area contributed by atoms with E-state index in [2.05, 4.69) is 64.6 Å². The first-order valence-electron chi connectivity index (χ1n) is 16.0. The summed E-state index contributed by atoms with van der Waals surface area (Å²) in [7, 11) is 0. The van der Waals surface area contributed by atoms with E-state index in [9.17, 15) is 53.9 Å². The molecule has 10 N–H and O–H groups in total. The smallest absolute Gasteiger partial charge is 0.444 e. The lowest BCUT2D eigenvalue weighted by Crippen LogP contribution is -2.42. The Morgan fingerprint density at radius 1 is 0.767 bits per heavy atom. The van der Waals surface area contributed by atoms with Crippen molar-refractivity contribution in [2.75, 3.05) is 6.26 Å². The standard InChI is InChI=1S/C12H15F3N4O2.C11H18N2O2S.C7H7F3N4.C2H3F3N2O.ClH/c1-5-6-7(16-10(20)21-11(2,3)4)8-17-9(19-18-8)12(13,14)15;1-6-7-8(9(12)16-5)13-10(14)15-11(2,3)4;1-2-3-4(11)5-12-6(14-13-5)7(8,9)10;3-2(4,5)1(8)7-6;/h1,7H,6H2,2-4H3,(H,16,20)(H,17,18,19);1,8,12H,7H2,2-5H3,(H,13,14);1,4H,3,11H2,(H,12,13,14);6H2,(H,7,8);1H/t7-;8-;4-;;/m000../s1. The molecule has 2 aromatic rings. The van der Waals surface area contributed by atoms with E-state index in [0.29, 0.717) is 11.5 Å². The first-order chi connectivity index (χ1) is 26.8. The molecule has 60 heavy (non-hydrogen) atoms. The van der Waals surface area contributed by atoms with E-state index < -0.39 is 77.6 Å². The molecule has 28 heteroatoms. The van der Waals surface area contributed by atoms with Crippen LogP contribution >= 0.6 is 24.2 Å². The molecule has 338 valence electrons. The van der Waals surface area contributed by atoms with Gasteiger partial charge < -0.3 is 25.8 Å². The third-order valence-electron chi connectivity index (χ3n) is 5.48. The highest BCUT2D eigenvalue weighted by molar-refractivity contribution is 8.13. The van der Waals surface area contributed by atoms with E-state index >= 15 is 0 Å². The number of aromatic nitrogens is 6. The number of hydrazine groups is 1. The number of hydrogen-bond acceptors (Lipinski definition) is 13. The lowest BCUT2D eigenvalue weighted by molar-refractivity contribution is -0.173. The van der Waals surface area contributed by atoms with Gasteiger partial charge in [-0.2, -0.15) is 39.5 Å². The fourth-order valence-electron chi connectivity index (χ4n) is 3.13. The van der Waals surface area contributed by atoms with Gasteiger partial charge in [-0.3, -0.25) is 25.8 Å². The van der Waals surface area contributed by atoms with Gasteiger partial charge in [-0.25, -0.2) is 25.4 Å². The zero-order valence-electron chi connectivity index (χ0n) is 32.8. The number of amides is 3. The van der Waals surface area contributed by atoms with E-state index in [1.54, 1.807) is 47.8 Å². The van der Waals surface area contributed by atoms with Crippen LogP contribution in [0.25, 0.3) is 0 Å². The van der Waals surface area contributed by atoms with Crippen LogP contribution in [0.15, 0.2) is 0 Å². The summed E-state index contributed by atoms with van der Waals surface area (Å²) in [4.78, 5) is 39.0. The molecule has 0 saturated heterocycles. The third-order valence-corrected chi connectivity index (χ3v) is 6.21. The summed E-state index contributed by atoms with van der Waals surface area (Å²) in [5, 5.41) is 23.1. The van der Waals surface area contributed by atoms with E-state index in [-0.39, 0.29) is 36.9 Å². The molecule has 0 bridgehead atoms. The van der Waals surface area contributed by atoms with Gasteiger partial charge in [0.05, 0.1) is 17.1 Å². The predicted octanol–water partition coefficient (Wildman–Crippen LogP) is 5.46. The lowest BCUT2D eigenvalue weighted by atomic mass is 10.2. The zero-order valence-corrected chi connectivity index (χ0v) is 34.4. The minimum Gasteiger partial charge on any atom is -0.444 e. The predicted molar refractivity (Wildman–Crippen MR) is 202 cm³/mol. The van der Waals surface area contributed by atoms with Gasteiger partial charge in [-0.15, -0.1) is 71.4 Å². The van der Waals surface area contributed by atoms with Crippen LogP contribution in [0.5, 0.6) is 0 Å². The second-order valence-electron chi connectivity index (χ2n) is 12.9. The summed E-state index contributed by atoms with van der Waals surface area (Å²) >= 11 is 1.25. The Hall–Kier alpha value is -5.43. The topological polar surface area (TPSA) is 265 Å². The van der Waals surface area contributed by atoms with E-state index in [1.807, 2.05) is 0 Å². The van der Waals surface area contributed by atoms with Crippen molar-refractivity contribution < 1.29 is 63.4 Å². The molecule has 2 heterocycles. The Morgan fingerprint density at radius 2 is 1.17 bits per heavy atom. The van der Waals surface area contributed by atoms with Crippen molar-refractivity contribution >= 4 is 47.3 Å². The molecule has 0 aromatic carbocycles. The Bertz CT molecular complexity index is 1790. The maximum absolute atomic E-state index is 12.4. The number of nitrogens with zero attached hydrogens (tertiary/aromatic N) is 4. The van der Waals surface area contributed by atoms with Crippen LogP contribution in [0.4, 0.5) is 49.1 Å². The molecule has 3 atom stereocenters. The van der Waals surface area contributed by atoms with Crippen molar-refractivity contribution in [3.8, 4) is 37.0 Å². The first-order valence-corrected chi connectivity index (χ1v) is 17.2. The van der Waals surface area contributed by atoms with Gasteiger partial charge in [-0.1, -0.05) is 0 Å². The molecule has 0 fully saturated rings. The van der Waals surface area contributed by atoms with Crippen molar-refractivity contribution in [1.82, 2.24) is 46.4 Å². The lowest BCUT2D eigenvalue weighted by Gasteiger charge is -2.22. The number of ether oxygens (including phenoxy) is 2. The van der Waals surface area contributed by atoms with Gasteiger partial charge in [0, 0.05) is 19.3 Å². The number of H-pyrrole nitrogens is 2. The summed E-state index contributed by atoms with van der Waals surface area (Å²) in [6, 6.07) is -2.16. The summed E-state index contributed by atoms with van der Waals surface area (Å²) in [6.45, 7) is 10.3. The largest absolute Gasteiger partial charge is 0.472 e. The molecule has 0 aliphatic carbocycles. The van der Waals surface area contributed by atoms with Crippen molar-refractivity contribution in [2.24, 2.45) is 11.6 Å². The van der Waals surface area contributed by atoms with Crippen LogP contribution in [0.1, 0.15) is 96.2 Å². The molecule has 17 nitrogen and oxygen atoms in total. The number of hydrogen-bond donors (Lipinski definition) is 8. The maximum atomic E-state index is 12.4. The second kappa shape index (κ2) is 25.9. The molecule has 0 aliphatic rings. The van der Waals surface area contributed by atoms with Crippen LogP contribution in [0, 0.1) is 42.4 Å². The Kier molecular flexibility index (Phi) is 25.4. The molecule has 0 radical (unpaired) electrons. The number of alkyl carbamates (subject to hydrolysis) is 2. The number of rotatable bonds is 8. The molecular weight excluding hydrogens is 871 g/mol. The van der Waals surface area contributed by atoms with Gasteiger partial charge in [-0.05, 0) is 47.8 Å². The Labute approximate surface area is 348 Å². The quantitative estimate of drug-likeness (QED) is 0.0312. The number of carbonyl (C=O) groups is 3. The molecular formula is C32H44ClF9N12O5S. The number of thioether (sulfide) groups is 1. The minimum absolute atomic E-state index is 0. The van der Waals surface area contributed by atoms with Gasteiger partial charge in [0.2, 0.25) is 0 Å². The van der Waals surface area contributed by atoms with Gasteiger partial charge in [0.25, 0.3) is 11.6 Å². The highest BCUT2D eigenvalue weighted by atomic mass is 35.5. The SMILES string of the molecule is C#CC[C@H](N)c1nc(C(F)(F)F)n[nH]1.C#CC[C@H](NC(=O)OC(C)(C)C)C(=N)SC.C#CC[C@H](NC(=O)OC(C)(C)C)c1nc(C(F)(F)F)n[nH]1.Cl.NNC(=O)C(F)(F)F. The number of halogens is 10. The molecule has 2 aromatic heterocycles. The monoisotopic (exact) mass is 914 g/mol. The molecule has 0 aliphatic heterocycles. The van der Waals surface area contributed by atoms with Crippen molar-refractivity contribution in [1.29, 1.82) is 5.41 Å². The number of nitrogens with two attached hydrogens (primary N) is 2. The average molecular weight is 915 g/mol. The van der Waals surface area contributed by atoms with E-state index in [0.717, 1.165) is 5.43 Å². The summed E-state index contributed by atoms with van der Waals surface area (Å²) < 4.78 is 116. The van der Waals surface area contributed by atoms with Gasteiger partial charge >= 0.3 is 36.6 Å². The third kappa shape index (κ3) is 25.8. The van der Waals surface area contributed by atoms with Gasteiger partial charge in [0.15, 0.2) is 0 Å².